The van der Waals surface area contributed by atoms with E-state index in [1.54, 1.807) is 0 Å². The van der Waals surface area contributed by atoms with Crippen molar-refractivity contribution in [3.8, 4) is 5.75 Å². The molecule has 0 amide bonds. The predicted octanol–water partition coefficient (Wildman–Crippen LogP) is 7.02. The van der Waals surface area contributed by atoms with Gasteiger partial charge in [-0.05, 0) is 54.4 Å². The zero-order valence-electron chi connectivity index (χ0n) is 19.4. The summed E-state index contributed by atoms with van der Waals surface area (Å²) in [6.07, 6.45) is 0.783. The quantitative estimate of drug-likeness (QED) is 0.361. The standard InChI is InChI=1S/C28H30ClNO2.ClH/c1-28(2)18-26(21-9-11-22(29)12-10-21)24-14-13-23(17-25(24)27(28)31)32-16-15-30(3)19-20-7-5-4-6-8-20;/h4-14,17,26H,15-16,18-19H2,1-3H3;1H. The first-order valence-corrected chi connectivity index (χ1v) is 11.5. The van der Waals surface area contributed by atoms with E-state index in [2.05, 4.69) is 54.4 Å². The number of carbonyl (C=O) groups is 1. The number of ether oxygens (including phenoxy) is 1. The van der Waals surface area contributed by atoms with Crippen molar-refractivity contribution in [2.75, 3.05) is 20.2 Å². The van der Waals surface area contributed by atoms with Crippen LogP contribution in [0.1, 0.15) is 53.2 Å². The van der Waals surface area contributed by atoms with Crippen LogP contribution in [0.5, 0.6) is 5.75 Å². The van der Waals surface area contributed by atoms with Gasteiger partial charge in [0.2, 0.25) is 0 Å². The van der Waals surface area contributed by atoms with Crippen molar-refractivity contribution in [3.63, 3.8) is 0 Å². The number of rotatable bonds is 7. The van der Waals surface area contributed by atoms with Crippen molar-refractivity contribution < 1.29 is 9.53 Å². The number of carbonyl (C=O) groups excluding carboxylic acids is 1. The molecule has 1 atom stereocenters. The second-order valence-corrected chi connectivity index (χ2v) is 9.78. The van der Waals surface area contributed by atoms with Crippen LogP contribution in [0.4, 0.5) is 0 Å². The lowest BCUT2D eigenvalue weighted by atomic mass is 9.66. The van der Waals surface area contributed by atoms with Crippen LogP contribution in [0, 0.1) is 5.41 Å². The first-order chi connectivity index (χ1) is 15.3. The van der Waals surface area contributed by atoms with Gasteiger partial charge in [0.25, 0.3) is 0 Å². The lowest BCUT2D eigenvalue weighted by Crippen LogP contribution is -2.33. The van der Waals surface area contributed by atoms with Crippen LogP contribution in [-0.4, -0.2) is 30.9 Å². The average Bonchev–Trinajstić information content (AvgIpc) is 2.78. The Morgan fingerprint density at radius 3 is 2.42 bits per heavy atom. The number of Topliss-reactive ketones (excluding diaryl/α,β-unsaturated/α-hetero) is 1. The van der Waals surface area contributed by atoms with Crippen molar-refractivity contribution in [2.45, 2.75) is 32.7 Å². The third-order valence-electron chi connectivity index (χ3n) is 6.28. The van der Waals surface area contributed by atoms with Crippen molar-refractivity contribution in [1.82, 2.24) is 4.90 Å². The molecule has 0 fully saturated rings. The van der Waals surface area contributed by atoms with E-state index in [0.717, 1.165) is 41.4 Å². The summed E-state index contributed by atoms with van der Waals surface area (Å²) in [4.78, 5) is 15.5. The minimum atomic E-state index is -0.425. The van der Waals surface area contributed by atoms with Gasteiger partial charge < -0.3 is 4.74 Å². The lowest BCUT2D eigenvalue weighted by molar-refractivity contribution is 0.0801. The number of fused-ring (bicyclic) bond motifs is 1. The van der Waals surface area contributed by atoms with E-state index in [4.69, 9.17) is 16.3 Å². The molecule has 0 saturated heterocycles. The third-order valence-corrected chi connectivity index (χ3v) is 6.54. The fourth-order valence-corrected chi connectivity index (χ4v) is 4.62. The number of hydrogen-bond acceptors (Lipinski definition) is 3. The molecule has 0 aromatic heterocycles. The second-order valence-electron chi connectivity index (χ2n) is 9.34. The maximum absolute atomic E-state index is 13.2. The first-order valence-electron chi connectivity index (χ1n) is 11.1. The molecule has 0 heterocycles. The molecule has 3 aromatic carbocycles. The van der Waals surface area contributed by atoms with Crippen molar-refractivity contribution in [1.29, 1.82) is 0 Å². The minimum absolute atomic E-state index is 0. The van der Waals surface area contributed by atoms with Gasteiger partial charge in [-0.1, -0.05) is 74.0 Å². The summed E-state index contributed by atoms with van der Waals surface area (Å²) in [5.41, 5.74) is 3.89. The molecular formula is C28H31Cl2NO2. The average molecular weight is 484 g/mol. The SMILES string of the molecule is CN(CCOc1ccc2c(c1)C(=O)C(C)(C)CC2c1ccc(Cl)cc1)Cc1ccccc1.Cl. The molecule has 1 unspecified atom stereocenters. The zero-order chi connectivity index (χ0) is 22.7. The molecule has 0 bridgehead atoms. The van der Waals surface area contributed by atoms with E-state index in [1.165, 1.54) is 11.1 Å². The highest BCUT2D eigenvalue weighted by atomic mass is 35.5. The first kappa shape index (κ1) is 25.3. The summed E-state index contributed by atoms with van der Waals surface area (Å²) in [5, 5.41) is 0.723. The summed E-state index contributed by atoms with van der Waals surface area (Å²) in [7, 11) is 2.09. The van der Waals surface area contributed by atoms with Crippen molar-refractivity contribution in [2.24, 2.45) is 5.41 Å². The van der Waals surface area contributed by atoms with Crippen molar-refractivity contribution in [3.05, 3.63) is 100 Å². The Hall–Kier alpha value is -2.33. The molecule has 1 aliphatic rings. The van der Waals surface area contributed by atoms with E-state index < -0.39 is 5.41 Å². The number of likely N-dealkylation sites (N-methyl/N-ethyl adjacent to an activating group) is 1. The van der Waals surface area contributed by atoms with Gasteiger partial charge in [0.1, 0.15) is 12.4 Å². The molecule has 5 heteroatoms. The van der Waals surface area contributed by atoms with E-state index in [1.807, 2.05) is 44.2 Å². The Bertz CT molecular complexity index is 1080. The number of ketones is 1. The van der Waals surface area contributed by atoms with Gasteiger partial charge in [-0.25, -0.2) is 0 Å². The molecule has 4 rings (SSSR count). The molecule has 0 aliphatic heterocycles. The van der Waals surface area contributed by atoms with Crippen LogP contribution < -0.4 is 4.74 Å². The summed E-state index contributed by atoms with van der Waals surface area (Å²) in [6.45, 7) is 6.32. The highest BCUT2D eigenvalue weighted by Crippen LogP contribution is 2.46. The third kappa shape index (κ3) is 5.97. The fourth-order valence-electron chi connectivity index (χ4n) is 4.49. The Labute approximate surface area is 208 Å². The van der Waals surface area contributed by atoms with Gasteiger partial charge in [0.15, 0.2) is 5.78 Å². The summed E-state index contributed by atoms with van der Waals surface area (Å²) >= 11 is 6.09. The predicted molar refractivity (Wildman–Crippen MR) is 138 cm³/mol. The molecule has 3 nitrogen and oxygen atoms in total. The van der Waals surface area contributed by atoms with Crippen molar-refractivity contribution >= 4 is 29.8 Å². The highest BCUT2D eigenvalue weighted by Gasteiger charge is 2.40. The maximum atomic E-state index is 13.2. The van der Waals surface area contributed by atoms with Gasteiger partial charge in [-0.2, -0.15) is 0 Å². The second kappa shape index (κ2) is 10.7. The molecule has 174 valence electrons. The molecular weight excluding hydrogens is 453 g/mol. The van der Waals surface area contributed by atoms with Crippen LogP contribution in [0.25, 0.3) is 0 Å². The monoisotopic (exact) mass is 483 g/mol. The van der Waals surface area contributed by atoms with Gasteiger partial charge >= 0.3 is 0 Å². The summed E-state index contributed by atoms with van der Waals surface area (Å²) < 4.78 is 6.04. The lowest BCUT2D eigenvalue weighted by Gasteiger charge is -2.36. The Morgan fingerprint density at radius 2 is 1.73 bits per heavy atom. The van der Waals surface area contributed by atoms with Gasteiger partial charge in [0.05, 0.1) is 0 Å². The van der Waals surface area contributed by atoms with E-state index in [9.17, 15) is 4.79 Å². The number of benzene rings is 3. The molecule has 0 radical (unpaired) electrons. The molecule has 0 N–H and O–H groups in total. The maximum Gasteiger partial charge on any atom is 0.168 e. The topological polar surface area (TPSA) is 29.5 Å². The molecule has 33 heavy (non-hydrogen) atoms. The van der Waals surface area contributed by atoms with Crippen LogP contribution in [-0.2, 0) is 6.54 Å². The Balaban J connectivity index is 0.00000306. The van der Waals surface area contributed by atoms with Gasteiger partial charge in [0, 0.05) is 35.0 Å². The van der Waals surface area contributed by atoms with Crippen LogP contribution in [0.2, 0.25) is 5.02 Å². The van der Waals surface area contributed by atoms with Crippen LogP contribution in [0.3, 0.4) is 0 Å². The van der Waals surface area contributed by atoms with E-state index in [-0.39, 0.29) is 24.1 Å². The number of hydrogen-bond donors (Lipinski definition) is 0. The van der Waals surface area contributed by atoms with Crippen LogP contribution >= 0.6 is 24.0 Å². The van der Waals surface area contributed by atoms with Gasteiger partial charge in [-0.3, -0.25) is 9.69 Å². The minimum Gasteiger partial charge on any atom is -0.492 e. The number of halogens is 2. The number of nitrogens with zero attached hydrogens (tertiary/aromatic N) is 1. The van der Waals surface area contributed by atoms with E-state index in [0.29, 0.717) is 6.61 Å². The molecule has 0 saturated carbocycles. The molecule has 3 aromatic rings. The largest absolute Gasteiger partial charge is 0.492 e. The molecule has 0 spiro atoms. The molecule has 1 aliphatic carbocycles. The summed E-state index contributed by atoms with van der Waals surface area (Å²) in [6, 6.07) is 24.4. The summed E-state index contributed by atoms with van der Waals surface area (Å²) in [5.74, 6) is 1.10. The van der Waals surface area contributed by atoms with Crippen LogP contribution in [0.15, 0.2) is 72.8 Å². The fraction of sp³-hybridized carbons (Fsp3) is 0.321. The Kier molecular flexibility index (Phi) is 8.23. The van der Waals surface area contributed by atoms with E-state index >= 15 is 0 Å². The Morgan fingerprint density at radius 1 is 1.03 bits per heavy atom. The smallest absolute Gasteiger partial charge is 0.168 e. The zero-order valence-corrected chi connectivity index (χ0v) is 21.0. The normalized spacial score (nSPS) is 16.8. The van der Waals surface area contributed by atoms with Gasteiger partial charge in [-0.15, -0.1) is 12.4 Å². The highest BCUT2D eigenvalue weighted by molar-refractivity contribution is 6.30.